The van der Waals surface area contributed by atoms with Gasteiger partial charge in [0.25, 0.3) is 0 Å². The van der Waals surface area contributed by atoms with Crippen LogP contribution in [-0.4, -0.2) is 30.3 Å². The van der Waals surface area contributed by atoms with Crippen molar-refractivity contribution < 1.29 is 22.5 Å². The number of carbonyl (C=O) groups is 1. The van der Waals surface area contributed by atoms with Gasteiger partial charge in [0.05, 0.1) is 21.8 Å². The molecule has 21 heavy (non-hydrogen) atoms. The second-order valence-corrected chi connectivity index (χ2v) is 8.80. The highest BCUT2D eigenvalue weighted by Crippen LogP contribution is 2.57. The lowest BCUT2D eigenvalue weighted by Gasteiger charge is -2.55. The van der Waals surface area contributed by atoms with Crippen LogP contribution in [0.2, 0.25) is 0 Å². The van der Waals surface area contributed by atoms with E-state index in [0.29, 0.717) is 24.2 Å². The Morgan fingerprint density at radius 2 is 1.67 bits per heavy atom. The second-order valence-electron chi connectivity index (χ2n) is 7.35. The van der Waals surface area contributed by atoms with Crippen molar-refractivity contribution in [2.24, 2.45) is 23.7 Å². The van der Waals surface area contributed by atoms with Crippen molar-refractivity contribution >= 4 is 16.1 Å². The molecule has 1 unspecified atom stereocenters. The number of hydrogen-bond donors (Lipinski definition) is 0. The third-order valence-corrected chi connectivity index (χ3v) is 6.34. The highest BCUT2D eigenvalue weighted by molar-refractivity contribution is 7.85. The summed E-state index contributed by atoms with van der Waals surface area (Å²) in [5, 5.41) is 0. The average molecular weight is 315 g/mol. The lowest BCUT2D eigenvalue weighted by molar-refractivity contribution is -0.190. The molecule has 0 N–H and O–H groups in total. The fraction of sp³-hybridized carbons (Fsp3) is 0.933. The Morgan fingerprint density at radius 3 is 2.05 bits per heavy atom. The molecule has 4 fully saturated rings. The van der Waals surface area contributed by atoms with E-state index in [1.165, 1.54) is 19.3 Å². The van der Waals surface area contributed by atoms with Crippen molar-refractivity contribution in [1.29, 1.82) is 0 Å². The molecule has 0 aromatic rings. The fourth-order valence-electron chi connectivity index (χ4n) is 5.05. The van der Waals surface area contributed by atoms with Crippen LogP contribution in [0, 0.1) is 23.7 Å². The Hall–Kier alpha value is -0.620. The summed E-state index contributed by atoms with van der Waals surface area (Å²) in [5.74, 6) is 0.0285. The maximum absolute atomic E-state index is 12.3. The maximum Gasteiger partial charge on any atom is 0.310 e. The van der Waals surface area contributed by atoms with Crippen molar-refractivity contribution in [3.05, 3.63) is 0 Å². The van der Waals surface area contributed by atoms with Gasteiger partial charge in [-0.25, -0.2) is 8.42 Å². The molecule has 4 rings (SSSR count). The predicted molar refractivity (Wildman–Crippen MR) is 75.3 cm³/mol. The van der Waals surface area contributed by atoms with Gasteiger partial charge in [-0.05, 0) is 62.7 Å². The van der Waals surface area contributed by atoms with E-state index >= 15 is 0 Å². The molecule has 4 saturated carbocycles. The van der Waals surface area contributed by atoms with Crippen molar-refractivity contribution in [2.75, 3.05) is 5.75 Å². The Bertz CT molecular complexity index is 489. The molecule has 4 aliphatic carbocycles. The normalized spacial score (nSPS) is 39.2. The van der Waals surface area contributed by atoms with E-state index in [1.54, 1.807) is 6.92 Å². The van der Waals surface area contributed by atoms with Crippen LogP contribution < -0.4 is 0 Å². The molecule has 4 bridgehead atoms. The zero-order chi connectivity index (χ0) is 15.3. The molecule has 0 heterocycles. The van der Waals surface area contributed by atoms with E-state index in [9.17, 15) is 17.8 Å². The quantitative estimate of drug-likeness (QED) is 0.573. The molecular formula is C15H23O5S-. The first-order valence-electron chi connectivity index (χ1n) is 7.95. The van der Waals surface area contributed by atoms with Crippen molar-refractivity contribution in [2.45, 2.75) is 57.5 Å². The summed E-state index contributed by atoms with van der Waals surface area (Å²) in [6.07, 6.45) is 6.85. The summed E-state index contributed by atoms with van der Waals surface area (Å²) in [4.78, 5) is 12.3. The lowest BCUT2D eigenvalue weighted by Crippen LogP contribution is -2.53. The molecule has 1 atom stereocenters. The molecule has 6 heteroatoms. The van der Waals surface area contributed by atoms with Crippen LogP contribution in [0.3, 0.4) is 0 Å². The first-order chi connectivity index (χ1) is 9.78. The topological polar surface area (TPSA) is 83.5 Å². The smallest absolute Gasteiger partial charge is 0.310 e. The molecule has 0 aromatic heterocycles. The van der Waals surface area contributed by atoms with Crippen LogP contribution in [0.1, 0.15) is 51.9 Å². The summed E-state index contributed by atoms with van der Waals surface area (Å²) >= 11 is 0. The second kappa shape index (κ2) is 5.23. The number of carbonyl (C=O) groups excluding carboxylic acids is 1. The third-order valence-electron chi connectivity index (χ3n) is 5.53. The van der Waals surface area contributed by atoms with Gasteiger partial charge in [0.15, 0.2) is 0 Å². The van der Waals surface area contributed by atoms with Crippen molar-refractivity contribution in [3.8, 4) is 0 Å². The van der Waals surface area contributed by atoms with Gasteiger partial charge < -0.3 is 9.29 Å². The minimum atomic E-state index is -4.40. The van der Waals surface area contributed by atoms with Gasteiger partial charge in [0, 0.05) is 0 Å². The number of hydrogen-bond acceptors (Lipinski definition) is 5. The van der Waals surface area contributed by atoms with Gasteiger partial charge in [0.1, 0.15) is 5.60 Å². The maximum atomic E-state index is 12.3. The summed E-state index contributed by atoms with van der Waals surface area (Å²) in [5.41, 5.74) is -0.369. The standard InChI is InChI=1S/C15H24O5S/c1-2-13(9-21(17,18)19)14(16)20-15-6-10-3-11(7-15)5-12(4-10)8-15/h10-13H,2-9H2,1H3,(H,17,18,19)/p-1. The molecule has 0 radical (unpaired) electrons. The van der Waals surface area contributed by atoms with E-state index in [0.717, 1.165) is 19.3 Å². The van der Waals surface area contributed by atoms with Crippen LogP contribution in [0.25, 0.3) is 0 Å². The molecule has 4 aliphatic rings. The van der Waals surface area contributed by atoms with Crippen molar-refractivity contribution in [1.82, 2.24) is 0 Å². The number of ether oxygens (including phenoxy) is 1. The predicted octanol–water partition coefficient (Wildman–Crippen LogP) is 2.07. The highest BCUT2D eigenvalue weighted by atomic mass is 32.2. The van der Waals surface area contributed by atoms with E-state index in [1.807, 2.05) is 0 Å². The van der Waals surface area contributed by atoms with Gasteiger partial charge in [-0.1, -0.05) is 6.92 Å². The first-order valence-corrected chi connectivity index (χ1v) is 9.53. The molecular weight excluding hydrogens is 292 g/mol. The largest absolute Gasteiger partial charge is 0.748 e. The molecule has 5 nitrogen and oxygen atoms in total. The number of rotatable bonds is 5. The average Bonchev–Trinajstić information content (AvgIpc) is 2.32. The lowest BCUT2D eigenvalue weighted by atomic mass is 9.54. The Balaban J connectivity index is 1.69. The van der Waals surface area contributed by atoms with E-state index in [-0.39, 0.29) is 5.60 Å². The molecule has 0 spiro atoms. The van der Waals surface area contributed by atoms with Gasteiger partial charge in [0.2, 0.25) is 0 Å². The third kappa shape index (κ3) is 3.26. The van der Waals surface area contributed by atoms with Crippen LogP contribution in [0.5, 0.6) is 0 Å². The Labute approximate surface area is 126 Å². The fourth-order valence-corrected chi connectivity index (χ4v) is 5.92. The van der Waals surface area contributed by atoms with Crippen LogP contribution >= 0.6 is 0 Å². The highest BCUT2D eigenvalue weighted by Gasteiger charge is 2.53. The monoisotopic (exact) mass is 315 g/mol. The van der Waals surface area contributed by atoms with E-state index in [2.05, 4.69) is 0 Å². The summed E-state index contributed by atoms with van der Waals surface area (Å²) in [6.45, 7) is 1.72. The molecule has 0 saturated heterocycles. The molecule has 0 amide bonds. The molecule has 0 aromatic carbocycles. The number of esters is 1. The van der Waals surface area contributed by atoms with Gasteiger partial charge in [-0.2, -0.15) is 0 Å². The zero-order valence-corrected chi connectivity index (χ0v) is 13.2. The van der Waals surface area contributed by atoms with Crippen molar-refractivity contribution in [3.63, 3.8) is 0 Å². The summed E-state index contributed by atoms with van der Waals surface area (Å²) < 4.78 is 38.5. The van der Waals surface area contributed by atoms with Crippen LogP contribution in [-0.2, 0) is 19.6 Å². The van der Waals surface area contributed by atoms with Gasteiger partial charge in [-0.3, -0.25) is 4.79 Å². The Kier molecular flexibility index (Phi) is 3.81. The zero-order valence-electron chi connectivity index (χ0n) is 12.4. The minimum absolute atomic E-state index is 0.326. The van der Waals surface area contributed by atoms with E-state index in [4.69, 9.17) is 4.74 Å². The summed E-state index contributed by atoms with van der Waals surface area (Å²) in [6, 6.07) is 0. The van der Waals surface area contributed by atoms with Gasteiger partial charge >= 0.3 is 5.97 Å². The minimum Gasteiger partial charge on any atom is -0.748 e. The summed E-state index contributed by atoms with van der Waals surface area (Å²) in [7, 11) is -4.40. The van der Waals surface area contributed by atoms with Gasteiger partial charge in [-0.15, -0.1) is 0 Å². The first kappa shape index (κ1) is 15.3. The van der Waals surface area contributed by atoms with E-state index < -0.39 is 27.8 Å². The van der Waals surface area contributed by atoms with Crippen LogP contribution in [0.15, 0.2) is 0 Å². The Morgan fingerprint density at radius 1 is 1.19 bits per heavy atom. The molecule has 0 aliphatic heterocycles. The molecule has 120 valence electrons. The SMILES string of the molecule is CCC(CS(=O)(=O)[O-])C(=O)OC12CC3CC(CC(C3)C1)C2. The van der Waals surface area contributed by atoms with Crippen LogP contribution in [0.4, 0.5) is 0 Å².